The van der Waals surface area contributed by atoms with Crippen LogP contribution in [0.1, 0.15) is 46.0 Å². The van der Waals surface area contributed by atoms with E-state index in [1.807, 2.05) is 0 Å². The Kier molecular flexibility index (Phi) is 2.65. The van der Waals surface area contributed by atoms with E-state index in [4.69, 9.17) is 0 Å². The summed E-state index contributed by atoms with van der Waals surface area (Å²) in [7, 11) is 0. The number of carbonyl (C=O) groups excluding carboxylic acids is 1. The van der Waals surface area contributed by atoms with Gasteiger partial charge in [-0.2, -0.15) is 0 Å². The van der Waals surface area contributed by atoms with Crippen LogP contribution in [-0.2, 0) is 4.79 Å². The molecule has 1 saturated heterocycles. The third kappa shape index (κ3) is 2.17. The first-order chi connectivity index (χ1) is 6.57. The number of Topliss-reactive ketones (excluding diaryl/α,β-unsaturated/α-hetero) is 1. The number of nitrogens with zero attached hydrogens (tertiary/aromatic N) is 1. The fourth-order valence-electron chi connectivity index (χ4n) is 2.76. The van der Waals surface area contributed by atoms with Crippen LogP contribution in [-0.4, -0.2) is 29.8 Å². The van der Waals surface area contributed by atoms with E-state index in [0.717, 1.165) is 25.7 Å². The summed E-state index contributed by atoms with van der Waals surface area (Å²) in [4.78, 5) is 13.7. The minimum Gasteiger partial charge on any atom is -0.300 e. The van der Waals surface area contributed by atoms with Gasteiger partial charge in [-0.1, -0.05) is 13.8 Å². The molecule has 2 aliphatic rings. The first-order valence-electron chi connectivity index (χ1n) is 5.83. The van der Waals surface area contributed by atoms with E-state index in [-0.39, 0.29) is 0 Å². The van der Waals surface area contributed by atoms with E-state index in [0.29, 0.717) is 17.2 Å². The monoisotopic (exact) mass is 195 g/mol. The lowest BCUT2D eigenvalue weighted by molar-refractivity contribution is -0.121. The second-order valence-corrected chi connectivity index (χ2v) is 5.65. The minimum atomic E-state index is 0.472. The van der Waals surface area contributed by atoms with Crippen LogP contribution in [0, 0.1) is 5.41 Å². The Hall–Kier alpha value is -0.370. The molecule has 2 heteroatoms. The molecule has 2 nitrogen and oxygen atoms in total. The lowest BCUT2D eigenvalue weighted by Crippen LogP contribution is -2.37. The fourth-order valence-corrected chi connectivity index (χ4v) is 2.76. The first kappa shape index (κ1) is 10.2. The highest BCUT2D eigenvalue weighted by atomic mass is 16.1. The van der Waals surface area contributed by atoms with Gasteiger partial charge in [0.15, 0.2) is 0 Å². The van der Waals surface area contributed by atoms with Crippen molar-refractivity contribution in [2.24, 2.45) is 5.41 Å². The maximum atomic E-state index is 11.1. The SMILES string of the molecule is CC1(C)CCN(C2CCC(=O)CC2)C1. The van der Waals surface area contributed by atoms with Crippen LogP contribution in [0.4, 0.5) is 0 Å². The topological polar surface area (TPSA) is 20.3 Å². The molecule has 2 rings (SSSR count). The molecule has 1 aliphatic heterocycles. The zero-order valence-electron chi connectivity index (χ0n) is 9.38. The largest absolute Gasteiger partial charge is 0.300 e. The zero-order chi connectivity index (χ0) is 10.2. The van der Waals surface area contributed by atoms with Crippen molar-refractivity contribution in [3.05, 3.63) is 0 Å². The number of hydrogen-bond donors (Lipinski definition) is 0. The molecule has 0 aromatic rings. The molecule has 80 valence electrons. The predicted molar refractivity (Wildman–Crippen MR) is 57.2 cm³/mol. The smallest absolute Gasteiger partial charge is 0.133 e. The molecule has 0 radical (unpaired) electrons. The molecule has 0 spiro atoms. The summed E-state index contributed by atoms with van der Waals surface area (Å²) in [5.41, 5.74) is 0.501. The molecule has 0 aromatic carbocycles. The van der Waals surface area contributed by atoms with Gasteiger partial charge in [-0.25, -0.2) is 0 Å². The van der Waals surface area contributed by atoms with Crippen molar-refractivity contribution in [2.45, 2.75) is 52.0 Å². The summed E-state index contributed by atoms with van der Waals surface area (Å²) in [5, 5.41) is 0. The van der Waals surface area contributed by atoms with Gasteiger partial charge in [-0.3, -0.25) is 9.69 Å². The highest BCUT2D eigenvalue weighted by Crippen LogP contribution is 2.33. The molecule has 1 heterocycles. The minimum absolute atomic E-state index is 0.472. The van der Waals surface area contributed by atoms with Crippen LogP contribution in [0.15, 0.2) is 0 Å². The third-order valence-electron chi connectivity index (χ3n) is 3.74. The second-order valence-electron chi connectivity index (χ2n) is 5.65. The van der Waals surface area contributed by atoms with E-state index >= 15 is 0 Å². The van der Waals surface area contributed by atoms with Crippen LogP contribution in [0.25, 0.3) is 0 Å². The van der Waals surface area contributed by atoms with Crippen LogP contribution in [0.5, 0.6) is 0 Å². The summed E-state index contributed by atoms with van der Waals surface area (Å²) in [6.07, 6.45) is 5.17. The molecule has 0 amide bonds. The van der Waals surface area contributed by atoms with Crippen LogP contribution >= 0.6 is 0 Å². The van der Waals surface area contributed by atoms with Gasteiger partial charge in [0.1, 0.15) is 5.78 Å². The lowest BCUT2D eigenvalue weighted by Gasteiger charge is -2.31. The Labute approximate surface area is 86.7 Å². The number of rotatable bonds is 1. The molecular formula is C12H21NO. The summed E-state index contributed by atoms with van der Waals surface area (Å²) in [6, 6.07) is 0.703. The molecule has 0 atom stereocenters. The maximum absolute atomic E-state index is 11.1. The van der Waals surface area contributed by atoms with Gasteiger partial charge in [0.25, 0.3) is 0 Å². The molecule has 0 N–H and O–H groups in total. The summed E-state index contributed by atoms with van der Waals surface area (Å²) in [6.45, 7) is 7.17. The van der Waals surface area contributed by atoms with Gasteiger partial charge in [-0.15, -0.1) is 0 Å². The predicted octanol–water partition coefficient (Wildman–Crippen LogP) is 2.23. The fraction of sp³-hybridized carbons (Fsp3) is 0.917. The summed E-state index contributed by atoms with van der Waals surface area (Å²) >= 11 is 0. The molecule has 0 aromatic heterocycles. The van der Waals surface area contributed by atoms with Crippen molar-refractivity contribution in [3.63, 3.8) is 0 Å². The van der Waals surface area contributed by atoms with Crippen molar-refractivity contribution in [2.75, 3.05) is 13.1 Å². The van der Waals surface area contributed by atoms with Crippen LogP contribution in [0.2, 0.25) is 0 Å². The zero-order valence-corrected chi connectivity index (χ0v) is 9.38. The molecular weight excluding hydrogens is 174 g/mol. The maximum Gasteiger partial charge on any atom is 0.133 e. The Balaban J connectivity index is 1.88. The van der Waals surface area contributed by atoms with Gasteiger partial charge >= 0.3 is 0 Å². The molecule has 1 aliphatic carbocycles. The lowest BCUT2D eigenvalue weighted by atomic mass is 9.91. The van der Waals surface area contributed by atoms with E-state index in [9.17, 15) is 4.79 Å². The molecule has 0 bridgehead atoms. The molecule has 14 heavy (non-hydrogen) atoms. The normalized spacial score (nSPS) is 29.7. The van der Waals surface area contributed by atoms with Crippen LogP contribution in [0.3, 0.4) is 0 Å². The Morgan fingerprint density at radius 1 is 1.29 bits per heavy atom. The van der Waals surface area contributed by atoms with Crippen molar-refractivity contribution >= 4 is 5.78 Å². The Morgan fingerprint density at radius 2 is 1.93 bits per heavy atom. The van der Waals surface area contributed by atoms with E-state index < -0.39 is 0 Å². The Bertz CT molecular complexity index is 224. The summed E-state index contributed by atoms with van der Waals surface area (Å²) < 4.78 is 0. The van der Waals surface area contributed by atoms with Gasteiger partial charge in [0, 0.05) is 25.4 Å². The first-order valence-corrected chi connectivity index (χ1v) is 5.83. The number of carbonyl (C=O) groups is 1. The Morgan fingerprint density at radius 3 is 2.43 bits per heavy atom. The average molecular weight is 195 g/mol. The number of hydrogen-bond acceptors (Lipinski definition) is 2. The van der Waals surface area contributed by atoms with Crippen molar-refractivity contribution in [1.82, 2.24) is 4.90 Å². The highest BCUT2D eigenvalue weighted by molar-refractivity contribution is 5.79. The molecule has 0 unspecified atom stereocenters. The van der Waals surface area contributed by atoms with Gasteiger partial charge in [0.05, 0.1) is 0 Å². The molecule has 1 saturated carbocycles. The number of likely N-dealkylation sites (tertiary alicyclic amines) is 1. The van der Waals surface area contributed by atoms with Gasteiger partial charge in [0.2, 0.25) is 0 Å². The average Bonchev–Trinajstić information content (AvgIpc) is 2.47. The van der Waals surface area contributed by atoms with Gasteiger partial charge in [-0.05, 0) is 31.2 Å². The third-order valence-corrected chi connectivity index (χ3v) is 3.74. The van der Waals surface area contributed by atoms with Gasteiger partial charge < -0.3 is 0 Å². The van der Waals surface area contributed by atoms with E-state index in [1.165, 1.54) is 19.5 Å². The van der Waals surface area contributed by atoms with Crippen LogP contribution < -0.4 is 0 Å². The van der Waals surface area contributed by atoms with E-state index in [1.54, 1.807) is 0 Å². The van der Waals surface area contributed by atoms with Crippen molar-refractivity contribution < 1.29 is 4.79 Å². The molecule has 2 fully saturated rings. The van der Waals surface area contributed by atoms with E-state index in [2.05, 4.69) is 18.7 Å². The van der Waals surface area contributed by atoms with Crippen molar-refractivity contribution in [3.8, 4) is 0 Å². The summed E-state index contributed by atoms with van der Waals surface area (Å²) in [5.74, 6) is 0.472. The standard InChI is InChI=1S/C12H21NO/c1-12(2)7-8-13(9-12)10-3-5-11(14)6-4-10/h10H,3-9H2,1-2H3. The highest BCUT2D eigenvalue weighted by Gasteiger charge is 2.34. The second kappa shape index (κ2) is 3.65. The van der Waals surface area contributed by atoms with Crippen molar-refractivity contribution in [1.29, 1.82) is 0 Å². The quantitative estimate of drug-likeness (QED) is 0.639. The number of ketones is 1.